The number of nitrogens with one attached hydrogen (secondary N) is 1. The summed E-state index contributed by atoms with van der Waals surface area (Å²) in [5.74, 6) is 0.222. The Labute approximate surface area is 106 Å². The van der Waals surface area contributed by atoms with E-state index in [4.69, 9.17) is 0 Å². The molecule has 0 aliphatic heterocycles. The summed E-state index contributed by atoms with van der Waals surface area (Å²) in [4.78, 5) is 11.8. The lowest BCUT2D eigenvalue weighted by Crippen LogP contribution is -2.33. The van der Waals surface area contributed by atoms with E-state index in [0.29, 0.717) is 5.56 Å². The minimum Gasteiger partial charge on any atom is -0.349 e. The van der Waals surface area contributed by atoms with Crippen LogP contribution < -0.4 is 5.32 Å². The fraction of sp³-hybridized carbons (Fsp3) is 0.462. The molecule has 0 saturated heterocycles. The van der Waals surface area contributed by atoms with Gasteiger partial charge in [-0.3, -0.25) is 4.79 Å². The van der Waals surface area contributed by atoms with E-state index in [1.54, 1.807) is 30.8 Å². The smallest absolute Gasteiger partial charge is 0.254 e. The van der Waals surface area contributed by atoms with Crippen LogP contribution in [0.25, 0.3) is 0 Å². The minimum atomic E-state index is -0.429. The summed E-state index contributed by atoms with van der Waals surface area (Å²) in [5, 5.41) is 2.81. The van der Waals surface area contributed by atoms with Gasteiger partial charge in [-0.05, 0) is 43.9 Å². The number of hydrogen-bond donors (Lipinski definition) is 1. The van der Waals surface area contributed by atoms with Crippen molar-refractivity contribution in [1.82, 2.24) is 5.32 Å². The zero-order chi connectivity index (χ0) is 12.8. The summed E-state index contributed by atoms with van der Waals surface area (Å²) in [6.45, 7) is 3.59. The van der Waals surface area contributed by atoms with Gasteiger partial charge in [0.05, 0.1) is 5.56 Å². The molecule has 0 aliphatic carbocycles. The van der Waals surface area contributed by atoms with Gasteiger partial charge in [0.2, 0.25) is 0 Å². The van der Waals surface area contributed by atoms with Gasteiger partial charge in [-0.25, -0.2) is 4.39 Å². The van der Waals surface area contributed by atoms with Crippen molar-refractivity contribution >= 4 is 17.7 Å². The van der Waals surface area contributed by atoms with Gasteiger partial charge < -0.3 is 5.32 Å². The van der Waals surface area contributed by atoms with Crippen LogP contribution in [0.15, 0.2) is 18.2 Å². The molecule has 0 saturated carbocycles. The quantitative estimate of drug-likeness (QED) is 0.876. The maximum atomic E-state index is 13.7. The number of amides is 1. The van der Waals surface area contributed by atoms with Crippen molar-refractivity contribution in [2.75, 3.05) is 12.0 Å². The fourth-order valence-corrected chi connectivity index (χ4v) is 2.08. The predicted octanol–water partition coefficient (Wildman–Crippen LogP) is 3.01. The Kier molecular flexibility index (Phi) is 5.48. The third kappa shape index (κ3) is 4.04. The SMILES string of the molecule is CSCCC(C)NC(=O)c1cccc(C)c1F. The Balaban J connectivity index is 2.67. The number of hydrogen-bond acceptors (Lipinski definition) is 2. The standard InChI is InChI=1S/C13H18FNOS/c1-9-5-4-6-11(12(9)14)13(16)15-10(2)7-8-17-3/h4-6,10H,7-8H2,1-3H3,(H,15,16). The molecule has 0 aromatic heterocycles. The summed E-state index contributed by atoms with van der Waals surface area (Å²) in [6, 6.07) is 4.93. The van der Waals surface area contributed by atoms with Crippen molar-refractivity contribution in [3.8, 4) is 0 Å². The van der Waals surface area contributed by atoms with Crippen molar-refractivity contribution < 1.29 is 9.18 Å². The Morgan fingerprint density at radius 2 is 2.24 bits per heavy atom. The Morgan fingerprint density at radius 3 is 2.88 bits per heavy atom. The molecule has 0 aliphatic rings. The first kappa shape index (κ1) is 14.0. The van der Waals surface area contributed by atoms with E-state index in [2.05, 4.69) is 5.32 Å². The highest BCUT2D eigenvalue weighted by Gasteiger charge is 2.14. The molecular weight excluding hydrogens is 237 g/mol. The van der Waals surface area contributed by atoms with Gasteiger partial charge in [0.1, 0.15) is 5.82 Å². The van der Waals surface area contributed by atoms with Gasteiger partial charge in [-0.2, -0.15) is 11.8 Å². The van der Waals surface area contributed by atoms with Crippen molar-refractivity contribution in [3.63, 3.8) is 0 Å². The third-order valence-corrected chi connectivity index (χ3v) is 3.21. The Bertz CT molecular complexity index is 395. The molecule has 94 valence electrons. The molecule has 1 rings (SSSR count). The number of aryl methyl sites for hydroxylation is 1. The highest BCUT2D eigenvalue weighted by Crippen LogP contribution is 2.12. The van der Waals surface area contributed by atoms with Crippen LogP contribution in [-0.4, -0.2) is 24.0 Å². The second-order valence-corrected chi connectivity index (χ2v) is 5.08. The number of carbonyl (C=O) groups excluding carboxylic acids is 1. The predicted molar refractivity (Wildman–Crippen MR) is 71.1 cm³/mol. The summed E-state index contributed by atoms with van der Waals surface area (Å²) < 4.78 is 13.7. The molecule has 0 bridgehead atoms. The van der Waals surface area contributed by atoms with Gasteiger partial charge >= 0.3 is 0 Å². The molecule has 1 aromatic rings. The number of rotatable bonds is 5. The monoisotopic (exact) mass is 255 g/mol. The van der Waals surface area contributed by atoms with Crippen LogP contribution >= 0.6 is 11.8 Å². The zero-order valence-corrected chi connectivity index (χ0v) is 11.2. The van der Waals surface area contributed by atoms with E-state index in [1.165, 1.54) is 6.07 Å². The Morgan fingerprint density at radius 1 is 1.53 bits per heavy atom. The third-order valence-electron chi connectivity index (χ3n) is 2.57. The highest BCUT2D eigenvalue weighted by molar-refractivity contribution is 7.98. The summed E-state index contributed by atoms with van der Waals surface area (Å²) in [7, 11) is 0. The summed E-state index contributed by atoms with van der Waals surface area (Å²) in [5.41, 5.74) is 0.621. The maximum Gasteiger partial charge on any atom is 0.254 e. The molecule has 1 amide bonds. The second kappa shape index (κ2) is 6.64. The van der Waals surface area contributed by atoms with Crippen molar-refractivity contribution in [2.24, 2.45) is 0 Å². The molecule has 0 heterocycles. The normalized spacial score (nSPS) is 12.2. The lowest BCUT2D eigenvalue weighted by atomic mass is 10.1. The van der Waals surface area contributed by atoms with E-state index < -0.39 is 5.82 Å². The Hall–Kier alpha value is -1.03. The van der Waals surface area contributed by atoms with E-state index >= 15 is 0 Å². The maximum absolute atomic E-state index is 13.7. The lowest BCUT2D eigenvalue weighted by Gasteiger charge is -2.13. The number of halogens is 1. The molecule has 2 nitrogen and oxygen atoms in total. The second-order valence-electron chi connectivity index (χ2n) is 4.09. The number of thioether (sulfide) groups is 1. The zero-order valence-electron chi connectivity index (χ0n) is 10.4. The molecule has 0 fully saturated rings. The van der Waals surface area contributed by atoms with Crippen LogP contribution in [0, 0.1) is 12.7 Å². The molecule has 1 N–H and O–H groups in total. The highest BCUT2D eigenvalue weighted by atomic mass is 32.2. The van der Waals surface area contributed by atoms with Crippen LogP contribution in [0.2, 0.25) is 0 Å². The van der Waals surface area contributed by atoms with E-state index in [1.807, 2.05) is 13.2 Å². The van der Waals surface area contributed by atoms with Crippen LogP contribution in [0.5, 0.6) is 0 Å². The molecule has 0 radical (unpaired) electrons. The number of benzene rings is 1. The van der Waals surface area contributed by atoms with E-state index in [-0.39, 0.29) is 17.5 Å². The van der Waals surface area contributed by atoms with Crippen molar-refractivity contribution in [1.29, 1.82) is 0 Å². The molecule has 17 heavy (non-hydrogen) atoms. The van der Waals surface area contributed by atoms with Gasteiger partial charge in [-0.15, -0.1) is 0 Å². The average Bonchev–Trinajstić information content (AvgIpc) is 2.29. The first-order valence-corrected chi connectivity index (χ1v) is 7.00. The van der Waals surface area contributed by atoms with Crippen LogP contribution in [0.4, 0.5) is 4.39 Å². The minimum absolute atomic E-state index is 0.0647. The lowest BCUT2D eigenvalue weighted by molar-refractivity contribution is 0.0935. The molecular formula is C13H18FNOS. The van der Waals surface area contributed by atoms with Crippen molar-refractivity contribution in [3.05, 3.63) is 35.1 Å². The molecule has 1 atom stereocenters. The molecule has 0 spiro atoms. The van der Waals surface area contributed by atoms with Crippen LogP contribution in [0.3, 0.4) is 0 Å². The summed E-state index contributed by atoms with van der Waals surface area (Å²) >= 11 is 1.73. The van der Waals surface area contributed by atoms with Gasteiger partial charge in [0, 0.05) is 6.04 Å². The molecule has 1 aromatic carbocycles. The fourth-order valence-electron chi connectivity index (χ4n) is 1.49. The van der Waals surface area contributed by atoms with Crippen molar-refractivity contribution in [2.45, 2.75) is 26.3 Å². The van der Waals surface area contributed by atoms with Gasteiger partial charge in [-0.1, -0.05) is 12.1 Å². The molecule has 1 unspecified atom stereocenters. The van der Waals surface area contributed by atoms with E-state index in [0.717, 1.165) is 12.2 Å². The summed E-state index contributed by atoms with van der Waals surface area (Å²) in [6.07, 6.45) is 2.91. The first-order valence-electron chi connectivity index (χ1n) is 5.61. The number of carbonyl (C=O) groups is 1. The largest absolute Gasteiger partial charge is 0.349 e. The van der Waals surface area contributed by atoms with Crippen LogP contribution in [0.1, 0.15) is 29.3 Å². The topological polar surface area (TPSA) is 29.1 Å². The average molecular weight is 255 g/mol. The van der Waals surface area contributed by atoms with Gasteiger partial charge in [0.25, 0.3) is 5.91 Å². The van der Waals surface area contributed by atoms with E-state index in [9.17, 15) is 9.18 Å². The first-order chi connectivity index (χ1) is 8.06. The van der Waals surface area contributed by atoms with Crippen LogP contribution in [-0.2, 0) is 0 Å². The van der Waals surface area contributed by atoms with Gasteiger partial charge in [0.15, 0.2) is 0 Å². The molecule has 4 heteroatoms.